The quantitative estimate of drug-likeness (QED) is 0.560. The van der Waals surface area contributed by atoms with Gasteiger partial charge < -0.3 is 10.0 Å². The summed E-state index contributed by atoms with van der Waals surface area (Å²) in [6.45, 7) is 3.07. The van der Waals surface area contributed by atoms with E-state index in [4.69, 9.17) is 16.8 Å². The fraction of sp³-hybridized carbons (Fsp3) is 0.500. The first kappa shape index (κ1) is 16.0. The third-order valence-corrected chi connectivity index (χ3v) is 3.93. The van der Waals surface area contributed by atoms with Gasteiger partial charge in [0.2, 0.25) is 5.91 Å². The Balaban J connectivity index is 1.79. The zero-order valence-electron chi connectivity index (χ0n) is 11.7. The predicted octanol–water partition coefficient (Wildman–Crippen LogP) is 1.07. The Morgan fingerprint density at radius 1 is 1.24 bits per heavy atom. The van der Waals surface area contributed by atoms with E-state index in [0.717, 1.165) is 36.9 Å². The molecule has 2 rings (SSSR count). The maximum absolute atomic E-state index is 11.0. The number of aliphatic hydroxyl groups excluding tert-OH is 1. The van der Waals surface area contributed by atoms with E-state index in [9.17, 15) is 9.90 Å². The van der Waals surface area contributed by atoms with Crippen LogP contribution < -0.4 is 10.4 Å². The molecule has 0 bridgehead atoms. The van der Waals surface area contributed by atoms with Crippen LogP contribution >= 0.6 is 11.6 Å². The van der Waals surface area contributed by atoms with E-state index in [-0.39, 0.29) is 6.42 Å². The fourth-order valence-electron chi connectivity index (χ4n) is 2.43. The first-order valence-electron chi connectivity index (χ1n) is 6.95. The molecule has 7 heteroatoms. The summed E-state index contributed by atoms with van der Waals surface area (Å²) in [5.74, 6) is -0.478. The van der Waals surface area contributed by atoms with Gasteiger partial charge in [0.25, 0.3) is 0 Å². The molecule has 1 fully saturated rings. The van der Waals surface area contributed by atoms with E-state index < -0.39 is 12.1 Å². The Labute approximate surface area is 128 Å². The minimum Gasteiger partial charge on any atom is -0.378 e. The molecule has 116 valence electrons. The number of halogens is 1. The molecule has 3 N–H and O–H groups in total. The van der Waals surface area contributed by atoms with Crippen molar-refractivity contribution in [3.8, 4) is 0 Å². The number of anilines is 1. The lowest BCUT2D eigenvalue weighted by Gasteiger charge is -2.38. The van der Waals surface area contributed by atoms with Crippen LogP contribution in [0, 0.1) is 0 Å². The second-order valence-corrected chi connectivity index (χ2v) is 5.49. The standard InChI is InChI=1S/C14H20ClN3O3/c15-11-1-3-12(4-2-11)17-7-9-18(10-8-17)14(20)6-5-13(19)16-21/h1-4,14,20-21H,5-10H2,(H,16,19). The fourth-order valence-corrected chi connectivity index (χ4v) is 2.55. The van der Waals surface area contributed by atoms with Crippen molar-refractivity contribution in [2.24, 2.45) is 0 Å². The zero-order chi connectivity index (χ0) is 15.2. The van der Waals surface area contributed by atoms with E-state index >= 15 is 0 Å². The van der Waals surface area contributed by atoms with Crippen molar-refractivity contribution in [3.63, 3.8) is 0 Å². The van der Waals surface area contributed by atoms with Crippen LogP contribution in [-0.2, 0) is 4.79 Å². The minimum atomic E-state index is -0.658. The number of aliphatic hydroxyl groups is 1. The largest absolute Gasteiger partial charge is 0.378 e. The van der Waals surface area contributed by atoms with Gasteiger partial charge >= 0.3 is 0 Å². The number of amides is 1. The molecule has 1 amide bonds. The topological polar surface area (TPSA) is 76.0 Å². The van der Waals surface area contributed by atoms with Crippen molar-refractivity contribution in [1.82, 2.24) is 10.4 Å². The summed E-state index contributed by atoms with van der Waals surface area (Å²) in [5.41, 5.74) is 2.69. The molecule has 0 aliphatic carbocycles. The number of hydrogen-bond acceptors (Lipinski definition) is 5. The zero-order valence-corrected chi connectivity index (χ0v) is 12.5. The summed E-state index contributed by atoms with van der Waals surface area (Å²) in [7, 11) is 0. The van der Waals surface area contributed by atoms with Gasteiger partial charge in [0, 0.05) is 43.3 Å². The smallest absolute Gasteiger partial charge is 0.243 e. The number of benzene rings is 1. The van der Waals surface area contributed by atoms with Gasteiger partial charge in [-0.25, -0.2) is 5.48 Å². The number of piperazine rings is 1. The number of nitrogens with one attached hydrogen (secondary N) is 1. The molecule has 1 heterocycles. The van der Waals surface area contributed by atoms with E-state index in [1.165, 1.54) is 0 Å². The van der Waals surface area contributed by atoms with Gasteiger partial charge in [-0.1, -0.05) is 11.6 Å². The summed E-state index contributed by atoms with van der Waals surface area (Å²) < 4.78 is 0. The number of carbonyl (C=O) groups is 1. The van der Waals surface area contributed by atoms with Gasteiger partial charge in [0.15, 0.2) is 0 Å². The monoisotopic (exact) mass is 313 g/mol. The number of rotatable bonds is 5. The highest BCUT2D eigenvalue weighted by Crippen LogP contribution is 2.20. The lowest BCUT2D eigenvalue weighted by Crippen LogP contribution is -2.50. The van der Waals surface area contributed by atoms with Crippen molar-refractivity contribution in [3.05, 3.63) is 29.3 Å². The summed E-state index contributed by atoms with van der Waals surface area (Å²) in [6, 6.07) is 7.71. The van der Waals surface area contributed by atoms with Crippen molar-refractivity contribution < 1.29 is 15.1 Å². The second kappa shape index (κ2) is 7.61. The van der Waals surface area contributed by atoms with Crippen LogP contribution in [-0.4, -0.2) is 53.5 Å². The van der Waals surface area contributed by atoms with Gasteiger partial charge in [-0.3, -0.25) is 14.9 Å². The number of hydroxylamine groups is 1. The van der Waals surface area contributed by atoms with E-state index in [1.54, 1.807) is 5.48 Å². The summed E-state index contributed by atoms with van der Waals surface area (Å²) in [4.78, 5) is 15.1. The van der Waals surface area contributed by atoms with Crippen LogP contribution in [0.1, 0.15) is 12.8 Å². The highest BCUT2D eigenvalue weighted by atomic mass is 35.5. The normalized spacial score (nSPS) is 17.6. The molecule has 1 aromatic carbocycles. The van der Waals surface area contributed by atoms with E-state index in [1.807, 2.05) is 29.2 Å². The third-order valence-electron chi connectivity index (χ3n) is 3.68. The van der Waals surface area contributed by atoms with Gasteiger partial charge in [-0.2, -0.15) is 0 Å². The Hall–Kier alpha value is -1.34. The van der Waals surface area contributed by atoms with Crippen molar-refractivity contribution in [2.45, 2.75) is 19.1 Å². The van der Waals surface area contributed by atoms with Crippen molar-refractivity contribution >= 4 is 23.2 Å². The summed E-state index contributed by atoms with van der Waals surface area (Å²) in [6.07, 6.45) is -0.239. The molecule has 6 nitrogen and oxygen atoms in total. The Kier molecular flexibility index (Phi) is 5.81. The molecular weight excluding hydrogens is 294 g/mol. The maximum Gasteiger partial charge on any atom is 0.243 e. The van der Waals surface area contributed by atoms with Crippen LogP contribution in [0.4, 0.5) is 5.69 Å². The van der Waals surface area contributed by atoms with Crippen LogP contribution in [0.5, 0.6) is 0 Å². The molecule has 0 saturated carbocycles. The summed E-state index contributed by atoms with van der Waals surface area (Å²) >= 11 is 5.88. The maximum atomic E-state index is 11.0. The minimum absolute atomic E-state index is 0.106. The van der Waals surface area contributed by atoms with Gasteiger partial charge in [0.05, 0.1) is 0 Å². The van der Waals surface area contributed by atoms with Crippen molar-refractivity contribution in [1.29, 1.82) is 0 Å². The van der Waals surface area contributed by atoms with Crippen LogP contribution in [0.25, 0.3) is 0 Å². The molecule has 1 aromatic rings. The molecule has 1 aliphatic heterocycles. The average molecular weight is 314 g/mol. The van der Waals surface area contributed by atoms with Gasteiger partial charge in [0.1, 0.15) is 6.23 Å². The molecule has 0 radical (unpaired) electrons. The first-order chi connectivity index (χ1) is 10.1. The molecule has 21 heavy (non-hydrogen) atoms. The van der Waals surface area contributed by atoms with Crippen LogP contribution in [0.2, 0.25) is 5.02 Å². The lowest BCUT2D eigenvalue weighted by atomic mass is 10.2. The van der Waals surface area contributed by atoms with Crippen molar-refractivity contribution in [2.75, 3.05) is 31.1 Å². The molecule has 1 unspecified atom stereocenters. The number of hydrogen-bond donors (Lipinski definition) is 3. The van der Waals surface area contributed by atoms with Gasteiger partial charge in [-0.05, 0) is 30.7 Å². The Morgan fingerprint density at radius 2 is 1.86 bits per heavy atom. The number of carbonyl (C=O) groups excluding carboxylic acids is 1. The SMILES string of the molecule is O=C(CCC(O)N1CCN(c2ccc(Cl)cc2)CC1)NO. The predicted molar refractivity (Wildman–Crippen MR) is 80.4 cm³/mol. The van der Waals surface area contributed by atoms with E-state index in [2.05, 4.69) is 4.90 Å². The molecule has 1 atom stereocenters. The molecule has 1 saturated heterocycles. The van der Waals surface area contributed by atoms with Crippen LogP contribution in [0.15, 0.2) is 24.3 Å². The average Bonchev–Trinajstić information content (AvgIpc) is 2.53. The Morgan fingerprint density at radius 3 is 2.43 bits per heavy atom. The Bertz CT molecular complexity index is 461. The van der Waals surface area contributed by atoms with E-state index in [0.29, 0.717) is 6.42 Å². The highest BCUT2D eigenvalue weighted by Gasteiger charge is 2.22. The molecule has 0 spiro atoms. The summed E-state index contributed by atoms with van der Waals surface area (Å²) in [5, 5.41) is 19.2. The third kappa shape index (κ3) is 4.57. The molecule has 1 aliphatic rings. The number of nitrogens with zero attached hydrogens (tertiary/aromatic N) is 2. The van der Waals surface area contributed by atoms with Crippen LogP contribution in [0.3, 0.4) is 0 Å². The second-order valence-electron chi connectivity index (χ2n) is 5.05. The van der Waals surface area contributed by atoms with Gasteiger partial charge in [-0.15, -0.1) is 0 Å². The lowest BCUT2D eigenvalue weighted by molar-refractivity contribution is -0.130. The first-order valence-corrected chi connectivity index (χ1v) is 7.33. The highest BCUT2D eigenvalue weighted by molar-refractivity contribution is 6.30. The molecule has 0 aromatic heterocycles. The molecular formula is C14H20ClN3O3.